The van der Waals surface area contributed by atoms with E-state index in [4.69, 9.17) is 0 Å². The predicted octanol–water partition coefficient (Wildman–Crippen LogP) is 2.41. The molecule has 3 nitrogen and oxygen atoms in total. The first-order valence-corrected chi connectivity index (χ1v) is 5.30. The van der Waals surface area contributed by atoms with E-state index in [0.717, 1.165) is 11.3 Å². The molecule has 1 N–H and O–H groups in total. The van der Waals surface area contributed by atoms with Crippen molar-refractivity contribution in [2.75, 3.05) is 19.5 Å². The molecule has 0 saturated carbocycles. The summed E-state index contributed by atoms with van der Waals surface area (Å²) in [5.74, 6) is -0.304. The molecule has 1 aromatic rings. The van der Waals surface area contributed by atoms with Crippen LogP contribution >= 0.6 is 15.9 Å². The lowest BCUT2D eigenvalue weighted by Gasteiger charge is -2.07. The van der Waals surface area contributed by atoms with Crippen LogP contribution < -0.4 is 5.32 Å². The van der Waals surface area contributed by atoms with E-state index >= 15 is 0 Å². The number of halogens is 1. The first kappa shape index (κ1) is 11.0. The van der Waals surface area contributed by atoms with Crippen LogP contribution in [0.3, 0.4) is 0 Å². The van der Waals surface area contributed by atoms with Crippen LogP contribution in [-0.4, -0.2) is 20.1 Å². The van der Waals surface area contributed by atoms with Crippen molar-refractivity contribution in [2.24, 2.45) is 0 Å². The molecule has 14 heavy (non-hydrogen) atoms. The van der Waals surface area contributed by atoms with Crippen molar-refractivity contribution in [3.05, 3.63) is 29.3 Å². The van der Waals surface area contributed by atoms with Crippen molar-refractivity contribution < 1.29 is 9.53 Å². The number of esters is 1. The number of anilines is 1. The summed E-state index contributed by atoms with van der Waals surface area (Å²) in [7, 11) is 3.22. The zero-order valence-corrected chi connectivity index (χ0v) is 9.72. The second-order valence-electron chi connectivity index (χ2n) is 2.75. The van der Waals surface area contributed by atoms with Gasteiger partial charge in [0.2, 0.25) is 0 Å². The molecule has 1 aromatic carbocycles. The highest BCUT2D eigenvalue weighted by molar-refractivity contribution is 9.08. The lowest BCUT2D eigenvalue weighted by atomic mass is 10.1. The van der Waals surface area contributed by atoms with E-state index in [2.05, 4.69) is 26.0 Å². The van der Waals surface area contributed by atoms with Crippen molar-refractivity contribution >= 4 is 27.6 Å². The highest BCUT2D eigenvalue weighted by Crippen LogP contribution is 2.18. The van der Waals surface area contributed by atoms with Gasteiger partial charge in [0.1, 0.15) is 0 Å². The Balaban J connectivity index is 3.11. The van der Waals surface area contributed by atoms with Gasteiger partial charge in [-0.3, -0.25) is 0 Å². The molecule has 0 saturated heterocycles. The fraction of sp³-hybridized carbons (Fsp3) is 0.300. The quantitative estimate of drug-likeness (QED) is 0.668. The zero-order valence-electron chi connectivity index (χ0n) is 8.13. The van der Waals surface area contributed by atoms with Gasteiger partial charge in [-0.15, -0.1) is 0 Å². The number of hydrogen-bond donors (Lipinski definition) is 1. The van der Waals surface area contributed by atoms with Crippen LogP contribution in [0.15, 0.2) is 18.2 Å². The number of nitrogens with one attached hydrogen (secondary N) is 1. The smallest absolute Gasteiger partial charge is 0.338 e. The van der Waals surface area contributed by atoms with Crippen LogP contribution in [0.2, 0.25) is 0 Å². The Morgan fingerprint density at radius 2 is 2.29 bits per heavy atom. The van der Waals surface area contributed by atoms with Gasteiger partial charge in [-0.05, 0) is 23.8 Å². The zero-order chi connectivity index (χ0) is 10.6. The number of benzene rings is 1. The maximum atomic E-state index is 11.3. The van der Waals surface area contributed by atoms with Crippen molar-refractivity contribution in [3.63, 3.8) is 0 Å². The summed E-state index contributed by atoms with van der Waals surface area (Å²) in [4.78, 5) is 11.3. The van der Waals surface area contributed by atoms with Crippen molar-refractivity contribution in [1.29, 1.82) is 0 Å². The predicted molar refractivity (Wildman–Crippen MR) is 60.0 cm³/mol. The molecule has 0 aromatic heterocycles. The number of hydrogen-bond acceptors (Lipinski definition) is 3. The fourth-order valence-corrected chi connectivity index (χ4v) is 1.63. The number of alkyl halides is 1. The fourth-order valence-electron chi connectivity index (χ4n) is 1.17. The van der Waals surface area contributed by atoms with E-state index in [1.54, 1.807) is 6.07 Å². The standard InChI is InChI=1S/C10H12BrNO2/c1-12-8-3-4-9(10(13)14-2)7(5-8)6-11/h3-5,12H,6H2,1-2H3. The molecular formula is C10H12BrNO2. The summed E-state index contributed by atoms with van der Waals surface area (Å²) in [5.41, 5.74) is 2.50. The van der Waals surface area contributed by atoms with E-state index in [0.29, 0.717) is 10.9 Å². The summed E-state index contributed by atoms with van der Waals surface area (Å²) >= 11 is 3.33. The number of ether oxygens (including phenoxy) is 1. The molecule has 4 heteroatoms. The van der Waals surface area contributed by atoms with Gasteiger partial charge in [0.25, 0.3) is 0 Å². The Morgan fingerprint density at radius 1 is 1.57 bits per heavy atom. The average Bonchev–Trinajstić information content (AvgIpc) is 2.27. The first-order chi connectivity index (χ1) is 6.72. The van der Waals surface area contributed by atoms with Gasteiger partial charge in [0, 0.05) is 18.1 Å². The van der Waals surface area contributed by atoms with Gasteiger partial charge >= 0.3 is 5.97 Å². The van der Waals surface area contributed by atoms with Gasteiger partial charge in [0.05, 0.1) is 12.7 Å². The Labute approximate surface area is 91.6 Å². The van der Waals surface area contributed by atoms with Gasteiger partial charge < -0.3 is 10.1 Å². The lowest BCUT2D eigenvalue weighted by Crippen LogP contribution is -2.05. The highest BCUT2D eigenvalue weighted by Gasteiger charge is 2.10. The molecule has 0 aliphatic rings. The molecule has 0 unspecified atom stereocenters. The molecule has 0 amide bonds. The molecule has 1 rings (SSSR count). The molecule has 0 heterocycles. The Morgan fingerprint density at radius 3 is 2.79 bits per heavy atom. The van der Waals surface area contributed by atoms with Crippen LogP contribution in [0, 0.1) is 0 Å². The minimum atomic E-state index is -0.304. The first-order valence-electron chi connectivity index (χ1n) is 4.18. The van der Waals surface area contributed by atoms with E-state index in [-0.39, 0.29) is 5.97 Å². The average molecular weight is 258 g/mol. The van der Waals surface area contributed by atoms with Gasteiger partial charge in [-0.1, -0.05) is 15.9 Å². The maximum Gasteiger partial charge on any atom is 0.338 e. The molecule has 0 spiro atoms. The minimum absolute atomic E-state index is 0.304. The van der Waals surface area contributed by atoms with Crippen molar-refractivity contribution in [1.82, 2.24) is 0 Å². The van der Waals surface area contributed by atoms with Crippen LogP contribution in [0.5, 0.6) is 0 Å². The Kier molecular flexibility index (Phi) is 3.95. The van der Waals surface area contributed by atoms with E-state index < -0.39 is 0 Å². The topological polar surface area (TPSA) is 38.3 Å². The van der Waals surface area contributed by atoms with Gasteiger partial charge in [-0.2, -0.15) is 0 Å². The van der Waals surface area contributed by atoms with E-state index in [1.807, 2.05) is 19.2 Å². The highest BCUT2D eigenvalue weighted by atomic mass is 79.9. The third kappa shape index (κ3) is 2.26. The molecule has 0 fully saturated rings. The molecular weight excluding hydrogens is 246 g/mol. The third-order valence-electron chi connectivity index (χ3n) is 1.94. The van der Waals surface area contributed by atoms with Crippen LogP contribution in [0.1, 0.15) is 15.9 Å². The second-order valence-corrected chi connectivity index (χ2v) is 3.31. The van der Waals surface area contributed by atoms with Crippen LogP contribution in [-0.2, 0) is 10.1 Å². The van der Waals surface area contributed by atoms with Gasteiger partial charge in [0.15, 0.2) is 0 Å². The maximum absolute atomic E-state index is 11.3. The monoisotopic (exact) mass is 257 g/mol. The second kappa shape index (κ2) is 5.00. The Bertz CT molecular complexity index is 339. The summed E-state index contributed by atoms with van der Waals surface area (Å²) in [6.07, 6.45) is 0. The normalized spacial score (nSPS) is 9.64. The minimum Gasteiger partial charge on any atom is -0.465 e. The van der Waals surface area contributed by atoms with Gasteiger partial charge in [-0.25, -0.2) is 4.79 Å². The van der Waals surface area contributed by atoms with Crippen LogP contribution in [0.4, 0.5) is 5.69 Å². The lowest BCUT2D eigenvalue weighted by molar-refractivity contribution is 0.0600. The summed E-state index contributed by atoms with van der Waals surface area (Å²) in [5, 5.41) is 3.64. The number of carbonyl (C=O) groups is 1. The molecule has 0 radical (unpaired) electrons. The largest absolute Gasteiger partial charge is 0.465 e. The molecule has 0 bridgehead atoms. The molecule has 0 aliphatic carbocycles. The molecule has 0 aliphatic heterocycles. The number of rotatable bonds is 3. The third-order valence-corrected chi connectivity index (χ3v) is 2.55. The van der Waals surface area contributed by atoms with Crippen molar-refractivity contribution in [2.45, 2.75) is 5.33 Å². The Hall–Kier alpha value is -1.03. The summed E-state index contributed by atoms with van der Waals surface area (Å²) < 4.78 is 4.67. The SMILES string of the molecule is CNc1ccc(C(=O)OC)c(CBr)c1. The van der Waals surface area contributed by atoms with E-state index in [9.17, 15) is 4.79 Å². The summed E-state index contributed by atoms with van der Waals surface area (Å²) in [6.45, 7) is 0. The van der Waals surface area contributed by atoms with Crippen molar-refractivity contribution in [3.8, 4) is 0 Å². The van der Waals surface area contributed by atoms with Crippen LogP contribution in [0.25, 0.3) is 0 Å². The summed E-state index contributed by atoms with van der Waals surface area (Å²) in [6, 6.07) is 5.52. The number of carbonyl (C=O) groups excluding carboxylic acids is 1. The molecule has 76 valence electrons. The molecule has 0 atom stereocenters. The van der Waals surface area contributed by atoms with E-state index in [1.165, 1.54) is 7.11 Å². The number of methoxy groups -OCH3 is 1.